The number of rotatable bonds is 0. The Bertz CT molecular complexity index is 1010. The van der Waals surface area contributed by atoms with Gasteiger partial charge in [-0.05, 0) is 24.0 Å². The Kier molecular flexibility index (Phi) is 2.50. The van der Waals surface area contributed by atoms with E-state index in [4.69, 9.17) is 0 Å². The summed E-state index contributed by atoms with van der Waals surface area (Å²) in [6.45, 7) is 0. The van der Waals surface area contributed by atoms with E-state index in [9.17, 15) is 9.59 Å². The van der Waals surface area contributed by atoms with Crippen molar-refractivity contribution >= 4 is 21.6 Å². The van der Waals surface area contributed by atoms with Crippen LogP contribution < -0.4 is 11.2 Å². The summed E-state index contributed by atoms with van der Waals surface area (Å²) in [7, 11) is 3.28. The monoisotopic (exact) mass is 298 g/mol. The van der Waals surface area contributed by atoms with Crippen molar-refractivity contribution in [2.45, 2.75) is 12.8 Å². The van der Waals surface area contributed by atoms with Gasteiger partial charge in [0, 0.05) is 24.5 Å². The van der Waals surface area contributed by atoms with Crippen molar-refractivity contribution in [1.82, 2.24) is 9.13 Å². The molecule has 106 valence electrons. The molecule has 0 amide bonds. The van der Waals surface area contributed by atoms with Crippen LogP contribution in [0.2, 0.25) is 0 Å². The van der Waals surface area contributed by atoms with Crippen LogP contribution in [0.4, 0.5) is 0 Å². The molecule has 0 saturated heterocycles. The average Bonchev–Trinajstić information content (AvgIpc) is 2.91. The van der Waals surface area contributed by atoms with Crippen LogP contribution in [0.1, 0.15) is 10.4 Å². The van der Waals surface area contributed by atoms with Gasteiger partial charge in [-0.25, -0.2) is 4.79 Å². The molecule has 0 N–H and O–H groups in total. The third-order valence-corrected chi connectivity index (χ3v) is 5.59. The molecule has 0 atom stereocenters. The molecule has 0 spiro atoms. The lowest BCUT2D eigenvalue weighted by molar-refractivity contribution is 0.717. The molecule has 2 heterocycles. The molecule has 0 aliphatic heterocycles. The molecular weight excluding hydrogens is 284 g/mol. The van der Waals surface area contributed by atoms with Crippen LogP contribution in [-0.2, 0) is 26.9 Å². The number of nitrogens with zero attached hydrogens (tertiary/aromatic N) is 2. The Labute approximate surface area is 124 Å². The second-order valence-electron chi connectivity index (χ2n) is 5.44. The van der Waals surface area contributed by atoms with Crippen molar-refractivity contribution in [1.29, 1.82) is 0 Å². The van der Waals surface area contributed by atoms with E-state index in [0.717, 1.165) is 28.8 Å². The Morgan fingerprint density at radius 3 is 2.62 bits per heavy atom. The molecule has 4 rings (SSSR count). The van der Waals surface area contributed by atoms with Crippen LogP contribution in [0.25, 0.3) is 21.3 Å². The van der Waals surface area contributed by atoms with Gasteiger partial charge in [-0.15, -0.1) is 11.3 Å². The molecule has 0 radical (unpaired) electrons. The van der Waals surface area contributed by atoms with E-state index in [1.807, 2.05) is 12.1 Å². The number of aromatic nitrogens is 2. The number of thiophene rings is 1. The van der Waals surface area contributed by atoms with Gasteiger partial charge in [-0.1, -0.05) is 24.3 Å². The van der Waals surface area contributed by atoms with Crippen LogP contribution in [0.3, 0.4) is 0 Å². The van der Waals surface area contributed by atoms with Gasteiger partial charge < -0.3 is 0 Å². The summed E-state index contributed by atoms with van der Waals surface area (Å²) < 4.78 is 2.79. The lowest BCUT2D eigenvalue weighted by Crippen LogP contribution is -2.36. The first kappa shape index (κ1) is 12.6. The molecule has 0 fully saturated rings. The Morgan fingerprint density at radius 2 is 1.81 bits per heavy atom. The molecule has 1 aromatic carbocycles. The van der Waals surface area contributed by atoms with Gasteiger partial charge in [0.2, 0.25) is 0 Å². The summed E-state index contributed by atoms with van der Waals surface area (Å²) in [4.78, 5) is 26.7. The summed E-state index contributed by atoms with van der Waals surface area (Å²) in [5.41, 5.74) is 3.00. The number of benzene rings is 1. The van der Waals surface area contributed by atoms with Crippen molar-refractivity contribution in [2.75, 3.05) is 0 Å². The van der Waals surface area contributed by atoms with Gasteiger partial charge >= 0.3 is 5.69 Å². The number of hydrogen-bond acceptors (Lipinski definition) is 3. The Hall–Kier alpha value is -2.14. The van der Waals surface area contributed by atoms with Crippen LogP contribution >= 0.6 is 11.3 Å². The van der Waals surface area contributed by atoms with Crippen molar-refractivity contribution < 1.29 is 0 Å². The minimum Gasteiger partial charge on any atom is -0.287 e. The third-order valence-electron chi connectivity index (χ3n) is 4.27. The second kappa shape index (κ2) is 4.18. The molecule has 1 aliphatic rings. The van der Waals surface area contributed by atoms with Gasteiger partial charge in [0.25, 0.3) is 5.56 Å². The first-order valence-electron chi connectivity index (χ1n) is 6.89. The van der Waals surface area contributed by atoms with Crippen LogP contribution in [0.15, 0.2) is 33.9 Å². The summed E-state index contributed by atoms with van der Waals surface area (Å²) in [6.07, 6.45) is 1.92. The maximum atomic E-state index is 12.6. The van der Waals surface area contributed by atoms with Crippen LogP contribution in [-0.4, -0.2) is 9.13 Å². The highest BCUT2D eigenvalue weighted by molar-refractivity contribution is 7.19. The molecule has 21 heavy (non-hydrogen) atoms. The fourth-order valence-corrected chi connectivity index (χ4v) is 4.42. The molecule has 0 saturated carbocycles. The van der Waals surface area contributed by atoms with E-state index < -0.39 is 0 Å². The summed E-state index contributed by atoms with van der Waals surface area (Å²) in [5.74, 6) is 0. The summed E-state index contributed by atoms with van der Waals surface area (Å²) >= 11 is 1.58. The summed E-state index contributed by atoms with van der Waals surface area (Å²) in [6, 6.07) is 8.23. The first-order valence-corrected chi connectivity index (χ1v) is 7.71. The lowest BCUT2D eigenvalue weighted by atomic mass is 9.89. The van der Waals surface area contributed by atoms with E-state index in [-0.39, 0.29) is 11.2 Å². The summed E-state index contributed by atoms with van der Waals surface area (Å²) in [5, 5.41) is 0.687. The van der Waals surface area contributed by atoms with Crippen molar-refractivity contribution in [3.63, 3.8) is 0 Å². The van der Waals surface area contributed by atoms with E-state index >= 15 is 0 Å². The molecule has 4 nitrogen and oxygen atoms in total. The molecule has 0 bridgehead atoms. The Balaban J connectivity index is 2.26. The zero-order valence-electron chi connectivity index (χ0n) is 11.8. The van der Waals surface area contributed by atoms with Gasteiger partial charge in [0.15, 0.2) is 0 Å². The SMILES string of the molecule is Cn1c(=O)c2c3c(sc2n(C)c1=O)CCc1ccccc1-3. The highest BCUT2D eigenvalue weighted by Crippen LogP contribution is 2.41. The number of aryl methyl sites for hydroxylation is 3. The van der Waals surface area contributed by atoms with Gasteiger partial charge in [-0.2, -0.15) is 0 Å². The quantitative estimate of drug-likeness (QED) is 0.637. The normalized spacial score (nSPS) is 13.2. The standard InChI is InChI=1S/C16H14N2O2S/c1-17-14(19)13-12-10-6-4-3-5-9(10)7-8-11(12)21-15(13)18(2)16(17)20/h3-6H,7-8H2,1-2H3. The molecule has 0 unspecified atom stereocenters. The average molecular weight is 298 g/mol. The van der Waals surface area contributed by atoms with E-state index in [1.54, 1.807) is 30.0 Å². The maximum Gasteiger partial charge on any atom is 0.331 e. The minimum atomic E-state index is -0.264. The molecule has 2 aromatic heterocycles. The zero-order valence-corrected chi connectivity index (χ0v) is 12.7. The number of hydrogen-bond donors (Lipinski definition) is 0. The highest BCUT2D eigenvalue weighted by Gasteiger charge is 2.25. The van der Waals surface area contributed by atoms with E-state index in [0.29, 0.717) is 5.39 Å². The molecule has 1 aliphatic carbocycles. The third kappa shape index (κ3) is 1.55. The molecular formula is C16H14N2O2S. The lowest BCUT2D eigenvalue weighted by Gasteiger charge is -2.16. The van der Waals surface area contributed by atoms with Crippen LogP contribution in [0, 0.1) is 0 Å². The topological polar surface area (TPSA) is 44.0 Å². The maximum absolute atomic E-state index is 12.6. The van der Waals surface area contributed by atoms with Gasteiger partial charge in [0.1, 0.15) is 4.83 Å². The van der Waals surface area contributed by atoms with Crippen molar-refractivity contribution in [2.24, 2.45) is 14.1 Å². The van der Waals surface area contributed by atoms with Crippen molar-refractivity contribution in [3.05, 3.63) is 55.5 Å². The van der Waals surface area contributed by atoms with Gasteiger partial charge in [0.05, 0.1) is 5.39 Å². The molecule has 5 heteroatoms. The van der Waals surface area contributed by atoms with Crippen LogP contribution in [0.5, 0.6) is 0 Å². The fraction of sp³-hybridized carbons (Fsp3) is 0.250. The predicted molar refractivity (Wildman–Crippen MR) is 85.2 cm³/mol. The highest BCUT2D eigenvalue weighted by atomic mass is 32.1. The minimum absolute atomic E-state index is 0.192. The largest absolute Gasteiger partial charge is 0.331 e. The van der Waals surface area contributed by atoms with E-state index in [2.05, 4.69) is 12.1 Å². The number of fused-ring (bicyclic) bond motifs is 5. The van der Waals surface area contributed by atoms with E-state index in [1.165, 1.54) is 15.0 Å². The van der Waals surface area contributed by atoms with Crippen molar-refractivity contribution in [3.8, 4) is 11.1 Å². The van der Waals surface area contributed by atoms with Gasteiger partial charge in [-0.3, -0.25) is 13.9 Å². The molecule has 3 aromatic rings. The fourth-order valence-electron chi connectivity index (χ4n) is 3.16. The zero-order chi connectivity index (χ0) is 14.7. The first-order chi connectivity index (χ1) is 10.1. The second-order valence-corrected chi connectivity index (χ2v) is 6.53. The Morgan fingerprint density at radius 1 is 1.05 bits per heavy atom. The predicted octanol–water partition coefficient (Wildman–Crippen LogP) is 2.06. The smallest absolute Gasteiger partial charge is 0.287 e.